The number of hydrogen-bond donors (Lipinski definition) is 0. The maximum Gasteiger partial charge on any atom is 0.573 e. The van der Waals surface area contributed by atoms with Crippen LogP contribution in [0.4, 0.5) is 13.2 Å². The fourth-order valence-corrected chi connectivity index (χ4v) is 4.75. The Morgan fingerprint density at radius 2 is 1.58 bits per heavy atom. The van der Waals surface area contributed by atoms with Gasteiger partial charge in [0, 0.05) is 19.6 Å². The van der Waals surface area contributed by atoms with Crippen LogP contribution >= 0.6 is 0 Å². The molecule has 7 heteroatoms. The van der Waals surface area contributed by atoms with Gasteiger partial charge in [0.05, 0.1) is 0 Å². The maximum absolute atomic E-state index is 13.2. The third kappa shape index (κ3) is 5.19. The van der Waals surface area contributed by atoms with E-state index in [0.717, 1.165) is 35.1 Å². The van der Waals surface area contributed by atoms with Crippen LogP contribution in [0.3, 0.4) is 0 Å². The second-order valence-corrected chi connectivity index (χ2v) is 8.68. The summed E-state index contributed by atoms with van der Waals surface area (Å²) in [6, 6.07) is 9.36. The van der Waals surface area contributed by atoms with E-state index in [1.165, 1.54) is 12.1 Å². The molecular weight excluding hydrogens is 433 g/mol. The van der Waals surface area contributed by atoms with Crippen molar-refractivity contribution in [2.24, 2.45) is 5.92 Å². The van der Waals surface area contributed by atoms with Gasteiger partial charge in [0.1, 0.15) is 11.7 Å². The SMILES string of the molecule is Cc1cc(-c2ccc(OC(F)(F)F)cc2)cc(C)c1C1C(=O)C/C(=C\C2CCOCC2)C1=O. The highest BCUT2D eigenvalue weighted by Crippen LogP contribution is 2.38. The van der Waals surface area contributed by atoms with E-state index in [1.807, 2.05) is 32.1 Å². The van der Waals surface area contributed by atoms with Gasteiger partial charge in [-0.05, 0) is 78.1 Å². The number of aryl methyl sites for hydroxylation is 2. The molecule has 0 N–H and O–H groups in total. The number of Topliss-reactive ketones (excluding diaryl/α,β-unsaturated/α-hetero) is 2. The molecule has 1 saturated carbocycles. The average Bonchev–Trinajstić information content (AvgIpc) is 3.01. The van der Waals surface area contributed by atoms with Crippen molar-refractivity contribution in [3.05, 3.63) is 64.7 Å². The van der Waals surface area contributed by atoms with Gasteiger partial charge in [-0.25, -0.2) is 0 Å². The van der Waals surface area contributed by atoms with Crippen molar-refractivity contribution in [3.8, 4) is 16.9 Å². The molecule has 0 amide bonds. The molecule has 0 spiro atoms. The van der Waals surface area contributed by atoms with Crippen LogP contribution < -0.4 is 4.74 Å². The predicted molar refractivity (Wildman–Crippen MR) is 117 cm³/mol. The molecule has 0 radical (unpaired) electrons. The van der Waals surface area contributed by atoms with Crippen LogP contribution in [0, 0.1) is 19.8 Å². The van der Waals surface area contributed by atoms with E-state index in [9.17, 15) is 22.8 Å². The minimum atomic E-state index is -4.74. The number of alkyl halides is 3. The molecule has 174 valence electrons. The largest absolute Gasteiger partial charge is 0.573 e. The van der Waals surface area contributed by atoms with Crippen LogP contribution in [0.1, 0.15) is 41.9 Å². The highest BCUT2D eigenvalue weighted by atomic mass is 19.4. The highest BCUT2D eigenvalue weighted by molar-refractivity contribution is 6.23. The molecule has 1 heterocycles. The Kier molecular flexibility index (Phi) is 6.43. The summed E-state index contributed by atoms with van der Waals surface area (Å²) >= 11 is 0. The monoisotopic (exact) mass is 458 g/mol. The van der Waals surface area contributed by atoms with E-state index < -0.39 is 12.3 Å². The zero-order valence-electron chi connectivity index (χ0n) is 18.5. The Morgan fingerprint density at radius 1 is 0.970 bits per heavy atom. The van der Waals surface area contributed by atoms with Gasteiger partial charge in [0.15, 0.2) is 11.6 Å². The lowest BCUT2D eigenvalue weighted by atomic mass is 9.85. The fraction of sp³-hybridized carbons (Fsp3) is 0.385. The molecule has 1 aliphatic heterocycles. The number of halogens is 3. The first kappa shape index (κ1) is 23.2. The molecule has 0 bridgehead atoms. The minimum absolute atomic E-state index is 0.0917. The van der Waals surface area contributed by atoms with Crippen molar-refractivity contribution >= 4 is 11.6 Å². The van der Waals surface area contributed by atoms with Gasteiger partial charge >= 0.3 is 6.36 Å². The van der Waals surface area contributed by atoms with Crippen molar-refractivity contribution in [3.63, 3.8) is 0 Å². The number of benzene rings is 2. The number of carbonyl (C=O) groups is 2. The van der Waals surface area contributed by atoms with Crippen molar-refractivity contribution in [2.45, 2.75) is 45.4 Å². The lowest BCUT2D eigenvalue weighted by Crippen LogP contribution is -2.17. The molecule has 1 saturated heterocycles. The summed E-state index contributed by atoms with van der Waals surface area (Å²) in [5.41, 5.74) is 4.44. The summed E-state index contributed by atoms with van der Waals surface area (Å²) in [5, 5.41) is 0. The van der Waals surface area contributed by atoms with Crippen LogP contribution in [-0.4, -0.2) is 31.1 Å². The normalized spacial score (nSPS) is 21.1. The predicted octanol–water partition coefficient (Wildman–Crippen LogP) is 5.85. The van der Waals surface area contributed by atoms with Crippen LogP contribution in [0.5, 0.6) is 5.75 Å². The molecule has 4 nitrogen and oxygen atoms in total. The van der Waals surface area contributed by atoms with Gasteiger partial charge in [-0.3, -0.25) is 9.59 Å². The summed E-state index contributed by atoms with van der Waals surface area (Å²) in [7, 11) is 0. The van der Waals surface area contributed by atoms with E-state index in [4.69, 9.17) is 4.74 Å². The molecule has 0 aromatic heterocycles. The second kappa shape index (κ2) is 9.14. The minimum Gasteiger partial charge on any atom is -0.406 e. The molecule has 33 heavy (non-hydrogen) atoms. The molecule has 1 atom stereocenters. The first-order valence-corrected chi connectivity index (χ1v) is 10.9. The van der Waals surface area contributed by atoms with Gasteiger partial charge in [-0.1, -0.05) is 30.3 Å². The molecule has 2 aromatic rings. The Balaban J connectivity index is 1.59. The lowest BCUT2D eigenvalue weighted by molar-refractivity contribution is -0.274. The third-order valence-electron chi connectivity index (χ3n) is 6.27. The van der Waals surface area contributed by atoms with Crippen LogP contribution in [-0.2, 0) is 14.3 Å². The van der Waals surface area contributed by atoms with Crippen molar-refractivity contribution in [2.75, 3.05) is 13.2 Å². The quantitative estimate of drug-likeness (QED) is 0.426. The second-order valence-electron chi connectivity index (χ2n) is 8.68. The molecular formula is C26H25F3O4. The van der Waals surface area contributed by atoms with Crippen LogP contribution in [0.25, 0.3) is 11.1 Å². The number of hydrogen-bond acceptors (Lipinski definition) is 4. The van der Waals surface area contributed by atoms with Crippen molar-refractivity contribution in [1.82, 2.24) is 0 Å². The third-order valence-corrected chi connectivity index (χ3v) is 6.27. The van der Waals surface area contributed by atoms with Crippen molar-refractivity contribution in [1.29, 1.82) is 0 Å². The van der Waals surface area contributed by atoms with Crippen LogP contribution in [0.2, 0.25) is 0 Å². The zero-order valence-corrected chi connectivity index (χ0v) is 18.5. The first-order chi connectivity index (χ1) is 15.6. The molecule has 2 fully saturated rings. The summed E-state index contributed by atoms with van der Waals surface area (Å²) < 4.78 is 46.5. The van der Waals surface area contributed by atoms with Gasteiger partial charge < -0.3 is 9.47 Å². The van der Waals surface area contributed by atoms with E-state index in [-0.39, 0.29) is 29.7 Å². The van der Waals surface area contributed by atoms with Crippen LogP contribution in [0.15, 0.2) is 48.0 Å². The Hall–Kier alpha value is -2.93. The smallest absolute Gasteiger partial charge is 0.406 e. The standard InChI is InChI=1S/C26H25F3O4/c1-15-11-19(18-3-5-21(6-4-18)33-26(27,28)29)12-16(2)23(15)24-22(30)14-20(25(24)31)13-17-7-9-32-10-8-17/h3-6,11-13,17,24H,7-10,14H2,1-2H3/b20-13+. The number of ketones is 2. The Morgan fingerprint density at radius 3 is 2.15 bits per heavy atom. The average molecular weight is 458 g/mol. The van der Waals surface area contributed by atoms with Crippen molar-refractivity contribution < 1.29 is 32.2 Å². The molecule has 1 unspecified atom stereocenters. The summed E-state index contributed by atoms with van der Waals surface area (Å²) in [6.45, 7) is 5.05. The molecule has 1 aliphatic carbocycles. The number of rotatable bonds is 4. The Bertz CT molecular complexity index is 1070. The molecule has 2 aliphatic rings. The van der Waals surface area contributed by atoms with Gasteiger partial charge in [-0.15, -0.1) is 13.2 Å². The Labute approximate surface area is 190 Å². The summed E-state index contributed by atoms with van der Waals surface area (Å²) in [4.78, 5) is 26.0. The number of carbonyl (C=O) groups excluding carboxylic acids is 2. The van der Waals surface area contributed by atoms with E-state index in [0.29, 0.717) is 24.4 Å². The topological polar surface area (TPSA) is 52.6 Å². The van der Waals surface area contributed by atoms with Gasteiger partial charge in [0.25, 0.3) is 0 Å². The summed E-state index contributed by atoms with van der Waals surface area (Å²) in [5.74, 6) is -1.04. The number of ether oxygens (including phenoxy) is 2. The van der Waals surface area contributed by atoms with E-state index in [2.05, 4.69) is 4.74 Å². The lowest BCUT2D eigenvalue weighted by Gasteiger charge is -2.19. The van der Waals surface area contributed by atoms with E-state index in [1.54, 1.807) is 12.1 Å². The molecule has 4 rings (SSSR count). The van der Waals surface area contributed by atoms with E-state index >= 15 is 0 Å². The molecule has 2 aromatic carbocycles. The fourth-order valence-electron chi connectivity index (χ4n) is 4.75. The zero-order chi connectivity index (χ0) is 23.8. The van der Waals surface area contributed by atoms with Gasteiger partial charge in [0.2, 0.25) is 0 Å². The maximum atomic E-state index is 13.2. The summed E-state index contributed by atoms with van der Waals surface area (Å²) in [6.07, 6.45) is -0.909. The number of allylic oxidation sites excluding steroid dienone is 2. The van der Waals surface area contributed by atoms with Gasteiger partial charge in [-0.2, -0.15) is 0 Å². The first-order valence-electron chi connectivity index (χ1n) is 10.9. The highest BCUT2D eigenvalue weighted by Gasteiger charge is 2.40.